The second kappa shape index (κ2) is 6.04. The lowest BCUT2D eigenvalue weighted by molar-refractivity contribution is 0.0697. The molecule has 0 aromatic heterocycles. The Morgan fingerprint density at radius 3 is 2.62 bits per heavy atom. The maximum Gasteiger partial charge on any atom is 0.337 e. The highest BCUT2D eigenvalue weighted by Crippen LogP contribution is 2.19. The monoisotopic (exact) mass is 289 g/mol. The van der Waals surface area contributed by atoms with E-state index in [1.165, 1.54) is 19.2 Å². The van der Waals surface area contributed by atoms with Gasteiger partial charge in [-0.15, -0.1) is 0 Å². The molecule has 0 aliphatic carbocycles. The van der Waals surface area contributed by atoms with Crippen molar-refractivity contribution in [2.45, 2.75) is 0 Å². The number of hydrogen-bond donors (Lipinski definition) is 2. The lowest BCUT2D eigenvalue weighted by Crippen LogP contribution is -2.15. The number of aromatic carboxylic acids is 1. The first-order valence-corrected chi connectivity index (χ1v) is 5.99. The number of hydrogen-bond acceptors (Lipinski definition) is 3. The van der Waals surface area contributed by atoms with Gasteiger partial charge in [-0.05, 0) is 36.4 Å². The van der Waals surface area contributed by atoms with Gasteiger partial charge >= 0.3 is 5.97 Å². The molecule has 0 saturated carbocycles. The van der Waals surface area contributed by atoms with Crippen LogP contribution >= 0.6 is 0 Å². The fourth-order valence-electron chi connectivity index (χ4n) is 1.76. The summed E-state index contributed by atoms with van der Waals surface area (Å²) in [7, 11) is 1.47. The Hall–Kier alpha value is -2.89. The Morgan fingerprint density at radius 2 is 1.95 bits per heavy atom. The van der Waals surface area contributed by atoms with E-state index in [1.807, 2.05) is 0 Å². The van der Waals surface area contributed by atoms with E-state index < -0.39 is 17.7 Å². The second-order valence-electron chi connectivity index (χ2n) is 4.18. The number of ether oxygens (including phenoxy) is 1. The lowest BCUT2D eigenvalue weighted by Gasteiger charge is -2.09. The van der Waals surface area contributed by atoms with Gasteiger partial charge in [0.05, 0.1) is 18.4 Å². The summed E-state index contributed by atoms with van der Waals surface area (Å²) in [5.41, 5.74) is 0.0120. The molecule has 21 heavy (non-hydrogen) atoms. The van der Waals surface area contributed by atoms with Crippen LogP contribution in [0.4, 0.5) is 10.1 Å². The first-order valence-electron chi connectivity index (χ1n) is 5.99. The predicted molar refractivity (Wildman–Crippen MR) is 74.3 cm³/mol. The zero-order valence-electron chi connectivity index (χ0n) is 11.1. The van der Waals surface area contributed by atoms with Gasteiger partial charge in [0.2, 0.25) is 0 Å². The molecule has 0 aliphatic rings. The van der Waals surface area contributed by atoms with Crippen molar-refractivity contribution >= 4 is 17.6 Å². The first kappa shape index (κ1) is 14.5. The van der Waals surface area contributed by atoms with Crippen LogP contribution in [0, 0.1) is 5.82 Å². The van der Waals surface area contributed by atoms with E-state index in [0.29, 0.717) is 11.3 Å². The molecule has 0 heterocycles. The summed E-state index contributed by atoms with van der Waals surface area (Å²) in [6, 6.07) is 9.52. The topological polar surface area (TPSA) is 75.6 Å². The van der Waals surface area contributed by atoms with Crippen LogP contribution in [0.15, 0.2) is 42.5 Å². The van der Waals surface area contributed by atoms with Crippen molar-refractivity contribution in [2.75, 3.05) is 12.4 Å². The molecule has 0 fully saturated rings. The van der Waals surface area contributed by atoms with E-state index in [-0.39, 0.29) is 11.3 Å². The molecule has 0 unspecified atom stereocenters. The average molecular weight is 289 g/mol. The number of carboxylic acids is 1. The van der Waals surface area contributed by atoms with Gasteiger partial charge in [-0.3, -0.25) is 4.79 Å². The van der Waals surface area contributed by atoms with Gasteiger partial charge in [0.1, 0.15) is 11.6 Å². The van der Waals surface area contributed by atoms with Crippen molar-refractivity contribution in [1.82, 2.24) is 0 Å². The van der Waals surface area contributed by atoms with E-state index in [0.717, 1.165) is 12.1 Å². The van der Waals surface area contributed by atoms with E-state index >= 15 is 0 Å². The maximum absolute atomic E-state index is 13.1. The van der Waals surface area contributed by atoms with Crippen molar-refractivity contribution in [3.63, 3.8) is 0 Å². The fourth-order valence-corrected chi connectivity index (χ4v) is 1.76. The van der Waals surface area contributed by atoms with Gasteiger partial charge in [-0.25, -0.2) is 9.18 Å². The standard InChI is InChI=1S/C15H12FNO4/c1-21-11-4-2-3-9(7-11)14(18)17-13-6-5-10(16)8-12(13)15(19)20/h2-8H,1H3,(H,17,18)(H,19,20). The third-order valence-corrected chi connectivity index (χ3v) is 2.79. The maximum atomic E-state index is 13.1. The molecule has 2 rings (SSSR count). The Bertz CT molecular complexity index is 700. The van der Waals surface area contributed by atoms with Gasteiger partial charge in [-0.2, -0.15) is 0 Å². The molecule has 0 aliphatic heterocycles. The molecule has 0 saturated heterocycles. The summed E-state index contributed by atoms with van der Waals surface area (Å²) < 4.78 is 18.1. The number of halogens is 1. The number of carbonyl (C=O) groups is 2. The second-order valence-corrected chi connectivity index (χ2v) is 4.18. The number of carboxylic acid groups (broad SMARTS) is 1. The number of methoxy groups -OCH3 is 1. The van der Waals surface area contributed by atoms with Crippen molar-refractivity contribution in [2.24, 2.45) is 0 Å². The van der Waals surface area contributed by atoms with Crippen LogP contribution in [0.3, 0.4) is 0 Å². The number of nitrogens with one attached hydrogen (secondary N) is 1. The number of anilines is 1. The van der Waals surface area contributed by atoms with Gasteiger partial charge in [0.15, 0.2) is 0 Å². The largest absolute Gasteiger partial charge is 0.497 e. The molecular weight excluding hydrogens is 277 g/mol. The van der Waals surface area contributed by atoms with Crippen LogP contribution in [-0.2, 0) is 0 Å². The molecule has 0 bridgehead atoms. The zero-order chi connectivity index (χ0) is 15.4. The molecule has 6 heteroatoms. The molecule has 2 aromatic rings. The minimum Gasteiger partial charge on any atom is -0.497 e. The van der Waals surface area contributed by atoms with Gasteiger partial charge in [0.25, 0.3) is 5.91 Å². The smallest absolute Gasteiger partial charge is 0.337 e. The van der Waals surface area contributed by atoms with Crippen molar-refractivity contribution in [3.8, 4) is 5.75 Å². The zero-order valence-corrected chi connectivity index (χ0v) is 11.1. The summed E-state index contributed by atoms with van der Waals surface area (Å²) in [5, 5.41) is 11.5. The van der Waals surface area contributed by atoms with Gasteiger partial charge in [0, 0.05) is 5.56 Å². The number of amides is 1. The Morgan fingerprint density at radius 1 is 1.19 bits per heavy atom. The summed E-state index contributed by atoms with van der Waals surface area (Å²) >= 11 is 0. The van der Waals surface area contributed by atoms with Gasteiger partial charge < -0.3 is 15.2 Å². The van der Waals surface area contributed by atoms with Crippen LogP contribution < -0.4 is 10.1 Å². The van der Waals surface area contributed by atoms with Crippen LogP contribution in [0.5, 0.6) is 5.75 Å². The summed E-state index contributed by atoms with van der Waals surface area (Å²) in [6.07, 6.45) is 0. The Labute approximate surface area is 120 Å². The number of rotatable bonds is 4. The van der Waals surface area contributed by atoms with E-state index in [9.17, 15) is 14.0 Å². The molecule has 1 amide bonds. The summed E-state index contributed by atoms with van der Waals surface area (Å²) in [4.78, 5) is 23.1. The SMILES string of the molecule is COc1cccc(C(=O)Nc2ccc(F)cc2C(=O)O)c1. The molecule has 5 nitrogen and oxygen atoms in total. The minimum atomic E-state index is -1.32. The van der Waals surface area contributed by atoms with Crippen molar-refractivity contribution < 1.29 is 23.8 Å². The van der Waals surface area contributed by atoms with Crippen molar-refractivity contribution in [3.05, 3.63) is 59.4 Å². The molecule has 108 valence electrons. The van der Waals surface area contributed by atoms with Gasteiger partial charge in [-0.1, -0.05) is 6.07 Å². The lowest BCUT2D eigenvalue weighted by atomic mass is 10.1. The highest BCUT2D eigenvalue weighted by molar-refractivity contribution is 6.07. The van der Waals surface area contributed by atoms with E-state index in [1.54, 1.807) is 18.2 Å². The Kier molecular flexibility index (Phi) is 4.18. The van der Waals surface area contributed by atoms with E-state index in [4.69, 9.17) is 9.84 Å². The number of carbonyl (C=O) groups excluding carboxylic acids is 1. The third-order valence-electron chi connectivity index (χ3n) is 2.79. The Balaban J connectivity index is 2.29. The van der Waals surface area contributed by atoms with Crippen LogP contribution in [0.2, 0.25) is 0 Å². The highest BCUT2D eigenvalue weighted by atomic mass is 19.1. The molecular formula is C15H12FNO4. The first-order chi connectivity index (χ1) is 10.0. The molecule has 0 spiro atoms. The minimum absolute atomic E-state index is 0.0247. The molecule has 0 atom stereocenters. The normalized spacial score (nSPS) is 10.0. The number of benzene rings is 2. The van der Waals surface area contributed by atoms with Crippen LogP contribution in [-0.4, -0.2) is 24.1 Å². The average Bonchev–Trinajstić information content (AvgIpc) is 2.48. The van der Waals surface area contributed by atoms with E-state index in [2.05, 4.69) is 5.32 Å². The molecule has 0 radical (unpaired) electrons. The molecule has 2 aromatic carbocycles. The summed E-state index contributed by atoms with van der Waals surface area (Å²) in [5.74, 6) is -2.02. The predicted octanol–water partition coefficient (Wildman–Crippen LogP) is 2.78. The quantitative estimate of drug-likeness (QED) is 0.907. The molecule has 2 N–H and O–H groups in total. The highest BCUT2D eigenvalue weighted by Gasteiger charge is 2.15. The fraction of sp³-hybridized carbons (Fsp3) is 0.0667. The van der Waals surface area contributed by atoms with Crippen LogP contribution in [0.1, 0.15) is 20.7 Å². The third kappa shape index (κ3) is 3.36. The summed E-state index contributed by atoms with van der Waals surface area (Å²) in [6.45, 7) is 0. The van der Waals surface area contributed by atoms with Crippen LogP contribution in [0.25, 0.3) is 0 Å². The van der Waals surface area contributed by atoms with Crippen molar-refractivity contribution in [1.29, 1.82) is 0 Å².